The van der Waals surface area contributed by atoms with Crippen LogP contribution in [-0.4, -0.2) is 74.8 Å². The monoisotopic (exact) mass is 436 g/mol. The first-order chi connectivity index (χ1) is 14.2. The number of amides is 2. The van der Waals surface area contributed by atoms with Gasteiger partial charge in [0.25, 0.3) is 5.91 Å². The van der Waals surface area contributed by atoms with Crippen molar-refractivity contribution in [3.05, 3.63) is 29.8 Å². The van der Waals surface area contributed by atoms with Gasteiger partial charge in [0.05, 0.1) is 11.4 Å². The average molecular weight is 437 g/mol. The van der Waals surface area contributed by atoms with Crippen molar-refractivity contribution in [3.63, 3.8) is 0 Å². The second-order valence-corrected chi connectivity index (χ2v) is 10.1. The van der Waals surface area contributed by atoms with Crippen molar-refractivity contribution in [2.24, 2.45) is 0 Å². The molecular formula is C21H32N4O4S. The van der Waals surface area contributed by atoms with Crippen LogP contribution in [0.15, 0.2) is 29.2 Å². The predicted octanol–water partition coefficient (Wildman–Crippen LogP) is 1.19. The van der Waals surface area contributed by atoms with Crippen LogP contribution in [0.4, 0.5) is 0 Å². The first-order valence-electron chi connectivity index (χ1n) is 10.7. The van der Waals surface area contributed by atoms with Crippen LogP contribution in [0.5, 0.6) is 0 Å². The van der Waals surface area contributed by atoms with Crippen molar-refractivity contribution >= 4 is 21.8 Å². The predicted molar refractivity (Wildman–Crippen MR) is 115 cm³/mol. The molecule has 0 bridgehead atoms. The summed E-state index contributed by atoms with van der Waals surface area (Å²) in [6, 6.07) is 5.88. The van der Waals surface area contributed by atoms with Gasteiger partial charge in [-0.2, -0.15) is 0 Å². The van der Waals surface area contributed by atoms with Crippen molar-refractivity contribution in [2.45, 2.75) is 56.5 Å². The van der Waals surface area contributed by atoms with E-state index in [-0.39, 0.29) is 28.8 Å². The molecule has 2 amide bonds. The Bertz CT molecular complexity index is 858. The molecule has 2 aliphatic rings. The number of sulfonamides is 1. The molecule has 0 spiro atoms. The van der Waals surface area contributed by atoms with E-state index >= 15 is 0 Å². The molecule has 2 saturated heterocycles. The minimum Gasteiger partial charge on any atom is -0.349 e. The molecule has 1 aromatic rings. The van der Waals surface area contributed by atoms with E-state index in [2.05, 4.69) is 14.9 Å². The first kappa shape index (κ1) is 22.7. The Kier molecular flexibility index (Phi) is 7.49. The minimum absolute atomic E-state index is 0.0182. The fourth-order valence-electron chi connectivity index (χ4n) is 3.94. The van der Waals surface area contributed by atoms with E-state index in [4.69, 9.17) is 0 Å². The van der Waals surface area contributed by atoms with Crippen LogP contribution in [0.25, 0.3) is 0 Å². The number of nitrogens with one attached hydrogen (secondary N) is 2. The lowest BCUT2D eigenvalue weighted by Gasteiger charge is -2.32. The summed E-state index contributed by atoms with van der Waals surface area (Å²) in [5.41, 5.74) is 0.327. The van der Waals surface area contributed by atoms with E-state index < -0.39 is 10.0 Å². The first-order valence-corrected chi connectivity index (χ1v) is 12.2. The van der Waals surface area contributed by atoms with Crippen LogP contribution in [0.3, 0.4) is 0 Å². The van der Waals surface area contributed by atoms with Gasteiger partial charge in [0.15, 0.2) is 0 Å². The molecule has 0 aliphatic carbocycles. The summed E-state index contributed by atoms with van der Waals surface area (Å²) in [6.07, 6.45) is 3.73. The van der Waals surface area contributed by atoms with Crippen molar-refractivity contribution in [1.82, 2.24) is 19.8 Å². The van der Waals surface area contributed by atoms with Gasteiger partial charge in [0.1, 0.15) is 0 Å². The zero-order chi connectivity index (χ0) is 21.7. The van der Waals surface area contributed by atoms with Crippen LogP contribution in [-0.2, 0) is 14.8 Å². The summed E-state index contributed by atoms with van der Waals surface area (Å²) < 4.78 is 27.2. The molecule has 2 fully saturated rings. The summed E-state index contributed by atoms with van der Waals surface area (Å²) in [4.78, 5) is 29.1. The lowest BCUT2D eigenvalue weighted by atomic mass is 10.0. The zero-order valence-electron chi connectivity index (χ0n) is 17.8. The number of rotatable bonds is 7. The van der Waals surface area contributed by atoms with Gasteiger partial charge in [-0.3, -0.25) is 14.5 Å². The summed E-state index contributed by atoms with van der Waals surface area (Å²) in [5.74, 6) is -0.0776. The number of likely N-dealkylation sites (tertiary alicyclic amines) is 2. The molecule has 2 heterocycles. The quantitative estimate of drug-likeness (QED) is 0.669. The third kappa shape index (κ3) is 6.02. The van der Waals surface area contributed by atoms with E-state index in [1.165, 1.54) is 12.1 Å². The van der Waals surface area contributed by atoms with Crippen LogP contribution in [0.2, 0.25) is 0 Å². The van der Waals surface area contributed by atoms with Crippen LogP contribution in [0.1, 0.15) is 49.9 Å². The molecule has 9 heteroatoms. The van der Waals surface area contributed by atoms with Gasteiger partial charge in [-0.15, -0.1) is 0 Å². The molecule has 2 aliphatic heterocycles. The SMILES string of the molecule is CC(C)NS(=O)(=O)c1cccc(C(=O)NC2CCN(CC(=O)N3CCCC3)CC2)c1. The number of nitrogens with zero attached hydrogens (tertiary/aromatic N) is 2. The Labute approximate surface area is 179 Å². The number of hydrogen-bond donors (Lipinski definition) is 2. The van der Waals surface area contributed by atoms with E-state index in [9.17, 15) is 18.0 Å². The number of carbonyl (C=O) groups excluding carboxylic acids is 2. The Morgan fingerprint density at radius 3 is 2.40 bits per heavy atom. The lowest BCUT2D eigenvalue weighted by Crippen LogP contribution is -2.47. The van der Waals surface area contributed by atoms with Gasteiger partial charge in [-0.1, -0.05) is 6.07 Å². The summed E-state index contributed by atoms with van der Waals surface area (Å²) in [6.45, 7) is 7.20. The fraction of sp³-hybridized carbons (Fsp3) is 0.619. The Balaban J connectivity index is 1.51. The van der Waals surface area contributed by atoms with Gasteiger partial charge < -0.3 is 10.2 Å². The van der Waals surface area contributed by atoms with Crippen molar-refractivity contribution in [3.8, 4) is 0 Å². The Morgan fingerprint density at radius 2 is 1.77 bits per heavy atom. The van der Waals surface area contributed by atoms with E-state index in [0.29, 0.717) is 12.1 Å². The van der Waals surface area contributed by atoms with Crippen molar-refractivity contribution in [2.75, 3.05) is 32.7 Å². The highest BCUT2D eigenvalue weighted by atomic mass is 32.2. The van der Waals surface area contributed by atoms with Gasteiger partial charge in [-0.05, 0) is 57.7 Å². The maximum atomic E-state index is 12.6. The lowest BCUT2D eigenvalue weighted by molar-refractivity contribution is -0.131. The van der Waals surface area contributed by atoms with Gasteiger partial charge in [-0.25, -0.2) is 13.1 Å². The third-order valence-corrected chi connectivity index (χ3v) is 7.19. The average Bonchev–Trinajstić information content (AvgIpc) is 3.24. The molecular weight excluding hydrogens is 404 g/mol. The van der Waals surface area contributed by atoms with Crippen LogP contribution >= 0.6 is 0 Å². The second-order valence-electron chi connectivity index (χ2n) is 8.42. The van der Waals surface area contributed by atoms with Gasteiger partial charge in [0, 0.05) is 43.8 Å². The Morgan fingerprint density at radius 1 is 1.10 bits per heavy atom. The summed E-state index contributed by atoms with van der Waals surface area (Å²) in [7, 11) is -3.65. The molecule has 1 aromatic carbocycles. The smallest absolute Gasteiger partial charge is 0.251 e. The van der Waals surface area contributed by atoms with Gasteiger partial charge >= 0.3 is 0 Å². The third-order valence-electron chi connectivity index (χ3n) is 5.54. The summed E-state index contributed by atoms with van der Waals surface area (Å²) >= 11 is 0. The maximum Gasteiger partial charge on any atom is 0.251 e. The van der Waals surface area contributed by atoms with E-state index in [0.717, 1.165) is 51.9 Å². The molecule has 0 aromatic heterocycles. The normalized spacial score (nSPS) is 18.7. The molecule has 8 nitrogen and oxygen atoms in total. The second kappa shape index (κ2) is 9.89. The molecule has 2 N–H and O–H groups in total. The van der Waals surface area contributed by atoms with Gasteiger partial charge in [0.2, 0.25) is 15.9 Å². The summed E-state index contributed by atoms with van der Waals surface area (Å²) in [5, 5.41) is 3.01. The Hall–Kier alpha value is -1.97. The zero-order valence-corrected chi connectivity index (χ0v) is 18.6. The highest BCUT2D eigenvalue weighted by Crippen LogP contribution is 2.15. The number of carbonyl (C=O) groups is 2. The number of piperidine rings is 1. The van der Waals surface area contributed by atoms with E-state index in [1.807, 2.05) is 4.90 Å². The highest BCUT2D eigenvalue weighted by molar-refractivity contribution is 7.89. The topological polar surface area (TPSA) is 98.8 Å². The largest absolute Gasteiger partial charge is 0.349 e. The standard InChI is InChI=1S/C21H32N4O4S/c1-16(2)23-30(28,29)19-7-5-6-17(14-19)21(27)22-18-8-12-24(13-9-18)15-20(26)25-10-3-4-11-25/h5-7,14,16,18,23H,3-4,8-13,15H2,1-2H3,(H,22,27). The molecule has 0 atom stereocenters. The van der Waals surface area contributed by atoms with Crippen molar-refractivity contribution < 1.29 is 18.0 Å². The maximum absolute atomic E-state index is 12.6. The van der Waals surface area contributed by atoms with E-state index in [1.54, 1.807) is 26.0 Å². The molecule has 0 saturated carbocycles. The molecule has 30 heavy (non-hydrogen) atoms. The number of hydrogen-bond acceptors (Lipinski definition) is 5. The molecule has 0 unspecified atom stereocenters. The van der Waals surface area contributed by atoms with Crippen molar-refractivity contribution in [1.29, 1.82) is 0 Å². The minimum atomic E-state index is -3.65. The van der Waals surface area contributed by atoms with Crippen LogP contribution in [0, 0.1) is 0 Å². The number of benzene rings is 1. The highest BCUT2D eigenvalue weighted by Gasteiger charge is 2.25. The fourth-order valence-corrected chi connectivity index (χ4v) is 5.24. The molecule has 166 valence electrons. The van der Waals surface area contributed by atoms with Crippen LogP contribution < -0.4 is 10.0 Å². The molecule has 0 radical (unpaired) electrons. The molecule has 3 rings (SSSR count).